The van der Waals surface area contributed by atoms with E-state index in [1.54, 1.807) is 35.1 Å². The van der Waals surface area contributed by atoms with Crippen LogP contribution in [-0.4, -0.2) is 39.4 Å². The molecule has 2 aliphatic heterocycles. The largest absolute Gasteiger partial charge is 0.454 e. The van der Waals surface area contributed by atoms with Gasteiger partial charge in [0.2, 0.25) is 6.79 Å². The molecule has 10 nitrogen and oxygen atoms in total. The Morgan fingerprint density at radius 2 is 2.19 bits per heavy atom. The smallest absolute Gasteiger partial charge is 0.267 e. The molecule has 5 rings (SSSR count). The van der Waals surface area contributed by atoms with Crippen molar-refractivity contribution in [3.05, 3.63) is 87.7 Å². The molecule has 2 aliphatic rings. The van der Waals surface area contributed by atoms with Crippen LogP contribution in [0.3, 0.4) is 0 Å². The summed E-state index contributed by atoms with van der Waals surface area (Å²) in [7, 11) is 0. The van der Waals surface area contributed by atoms with E-state index in [1.165, 1.54) is 10.5 Å². The molecule has 0 aliphatic carbocycles. The first-order valence-corrected chi connectivity index (χ1v) is 11.9. The average Bonchev–Trinajstić information content (AvgIpc) is 3.57. The van der Waals surface area contributed by atoms with Gasteiger partial charge >= 0.3 is 0 Å². The van der Waals surface area contributed by atoms with E-state index in [2.05, 4.69) is 17.6 Å². The molecule has 1 amide bonds. The molecule has 10 heteroatoms. The van der Waals surface area contributed by atoms with Crippen molar-refractivity contribution in [2.45, 2.75) is 38.8 Å². The van der Waals surface area contributed by atoms with E-state index in [1.807, 2.05) is 13.0 Å². The quantitative estimate of drug-likeness (QED) is 0.495. The Balaban J connectivity index is 1.69. The molecule has 0 N–H and O–H groups in total. The average molecular weight is 500 g/mol. The maximum atomic E-state index is 13.4. The Labute approximate surface area is 212 Å². The molecule has 5 heterocycles. The van der Waals surface area contributed by atoms with E-state index >= 15 is 0 Å². The number of aromatic nitrogens is 3. The number of pyridine rings is 2. The van der Waals surface area contributed by atoms with Crippen molar-refractivity contribution in [1.82, 2.24) is 14.0 Å². The van der Waals surface area contributed by atoms with Crippen LogP contribution < -0.4 is 11.0 Å². The van der Waals surface area contributed by atoms with Crippen molar-refractivity contribution < 1.29 is 19.0 Å². The van der Waals surface area contributed by atoms with Crippen molar-refractivity contribution in [3.63, 3.8) is 0 Å². The topological polar surface area (TPSA) is 120 Å². The van der Waals surface area contributed by atoms with Gasteiger partial charge < -0.3 is 18.8 Å². The Kier molecular flexibility index (Phi) is 6.70. The fourth-order valence-corrected chi connectivity index (χ4v) is 4.49. The molecule has 1 atom stereocenters. The van der Waals surface area contributed by atoms with Crippen LogP contribution in [0.4, 0.5) is 0 Å². The van der Waals surface area contributed by atoms with Crippen molar-refractivity contribution >= 4 is 22.6 Å². The van der Waals surface area contributed by atoms with Crippen LogP contribution in [-0.2, 0) is 25.5 Å². The van der Waals surface area contributed by atoms with Gasteiger partial charge in [-0.3, -0.25) is 14.0 Å². The number of nitrogens with zero attached hydrogens (tertiary/aromatic N) is 5. The molecular formula is C27H25N5O5. The highest BCUT2D eigenvalue weighted by Gasteiger charge is 2.22. The third kappa shape index (κ3) is 4.69. The summed E-state index contributed by atoms with van der Waals surface area (Å²) in [5, 5.41) is 10.2. The molecule has 2 fully saturated rings. The summed E-state index contributed by atoms with van der Waals surface area (Å²) < 4.78 is 19.7. The first-order valence-electron chi connectivity index (χ1n) is 11.9. The lowest BCUT2D eigenvalue weighted by Gasteiger charge is -2.17. The Morgan fingerprint density at radius 1 is 1.35 bits per heavy atom. The van der Waals surface area contributed by atoms with Gasteiger partial charge in [-0.05, 0) is 49.6 Å². The van der Waals surface area contributed by atoms with Crippen LogP contribution in [0.2, 0.25) is 0 Å². The number of nitriles is 1. The maximum Gasteiger partial charge on any atom is 0.267 e. The summed E-state index contributed by atoms with van der Waals surface area (Å²) >= 11 is 0. The predicted molar refractivity (Wildman–Crippen MR) is 134 cm³/mol. The summed E-state index contributed by atoms with van der Waals surface area (Å²) in [5.41, 5.74) is 1.60. The molecule has 188 valence electrons. The van der Waals surface area contributed by atoms with Gasteiger partial charge in [0.25, 0.3) is 11.5 Å². The molecule has 0 radical (unpaired) electrons. The lowest BCUT2D eigenvalue weighted by atomic mass is 10.2. The Hall–Kier alpha value is -4.49. The summed E-state index contributed by atoms with van der Waals surface area (Å²) in [4.78, 5) is 35.5. The summed E-state index contributed by atoms with van der Waals surface area (Å²) in [6.45, 7) is 6.49. The van der Waals surface area contributed by atoms with Crippen LogP contribution in [0.15, 0.2) is 70.5 Å². The molecule has 1 unspecified atom stereocenters. The van der Waals surface area contributed by atoms with E-state index < -0.39 is 5.91 Å². The summed E-state index contributed by atoms with van der Waals surface area (Å²) in [6, 6.07) is 7.20. The van der Waals surface area contributed by atoms with Gasteiger partial charge in [-0.15, -0.1) is 0 Å². The number of allylic oxidation sites excluding steroid dienone is 2. The molecular weight excluding hydrogens is 474 g/mol. The van der Waals surface area contributed by atoms with E-state index in [-0.39, 0.29) is 41.3 Å². The number of aryl methyl sites for hydroxylation is 1. The second-order valence-electron chi connectivity index (χ2n) is 8.73. The third-order valence-corrected chi connectivity index (χ3v) is 6.27. The number of ether oxygens (including phenoxy) is 3. The normalized spacial score (nSPS) is 19.9. The highest BCUT2D eigenvalue weighted by Crippen LogP contribution is 2.21. The van der Waals surface area contributed by atoms with Gasteiger partial charge in [-0.2, -0.15) is 10.3 Å². The van der Waals surface area contributed by atoms with Gasteiger partial charge in [0.05, 0.1) is 30.0 Å². The van der Waals surface area contributed by atoms with Crippen molar-refractivity contribution in [2.24, 2.45) is 4.99 Å². The van der Waals surface area contributed by atoms with E-state index in [0.29, 0.717) is 36.0 Å². The molecule has 0 aromatic carbocycles. The van der Waals surface area contributed by atoms with E-state index in [0.717, 1.165) is 18.4 Å². The van der Waals surface area contributed by atoms with Gasteiger partial charge in [0.15, 0.2) is 17.0 Å². The monoisotopic (exact) mass is 499 g/mol. The third-order valence-electron chi connectivity index (χ3n) is 6.27. The molecule has 0 bridgehead atoms. The second kappa shape index (κ2) is 10.2. The molecule has 3 aromatic heterocycles. The first kappa shape index (κ1) is 24.2. The zero-order chi connectivity index (χ0) is 25.9. The lowest BCUT2D eigenvalue weighted by molar-refractivity contribution is -0.117. The fourth-order valence-electron chi connectivity index (χ4n) is 4.49. The van der Waals surface area contributed by atoms with Crippen molar-refractivity contribution in [1.29, 1.82) is 5.26 Å². The number of rotatable bonds is 5. The van der Waals surface area contributed by atoms with Gasteiger partial charge in [-0.25, -0.2) is 4.98 Å². The zero-order valence-electron chi connectivity index (χ0n) is 20.3. The minimum Gasteiger partial charge on any atom is -0.454 e. The van der Waals surface area contributed by atoms with Crippen molar-refractivity contribution in [3.8, 4) is 6.07 Å². The zero-order valence-corrected chi connectivity index (χ0v) is 20.3. The fraction of sp³-hybridized carbons (Fsp3) is 0.296. The van der Waals surface area contributed by atoms with E-state index in [4.69, 9.17) is 19.2 Å². The number of amides is 1. The summed E-state index contributed by atoms with van der Waals surface area (Å²) in [6.07, 6.45) is 7.91. The molecule has 2 saturated heterocycles. The molecule has 37 heavy (non-hydrogen) atoms. The number of hydrogen-bond acceptors (Lipinski definition) is 7. The van der Waals surface area contributed by atoms with Crippen molar-refractivity contribution in [2.75, 3.05) is 13.4 Å². The molecule has 0 spiro atoms. The van der Waals surface area contributed by atoms with Crippen LogP contribution in [0.5, 0.6) is 0 Å². The highest BCUT2D eigenvalue weighted by atomic mass is 16.7. The van der Waals surface area contributed by atoms with Crippen LogP contribution in [0, 0.1) is 18.3 Å². The van der Waals surface area contributed by atoms with Crippen LogP contribution in [0.1, 0.15) is 30.4 Å². The van der Waals surface area contributed by atoms with E-state index in [9.17, 15) is 14.9 Å². The van der Waals surface area contributed by atoms with Gasteiger partial charge in [0, 0.05) is 12.8 Å². The number of carbonyl (C=O) groups is 1. The Morgan fingerprint density at radius 3 is 2.95 bits per heavy atom. The maximum absolute atomic E-state index is 13.4. The second-order valence-corrected chi connectivity index (χ2v) is 8.73. The lowest BCUT2D eigenvalue weighted by Crippen LogP contribution is -2.33. The number of hydrogen-bond donors (Lipinski definition) is 0. The minimum absolute atomic E-state index is 0.0517. The van der Waals surface area contributed by atoms with Gasteiger partial charge in [-0.1, -0.05) is 18.7 Å². The highest BCUT2D eigenvalue weighted by molar-refractivity contribution is 5.81. The number of carbonyl (C=O) groups excluding carboxylic acids is 1. The SMILES string of the molecule is C=C/C=C1/OCO/C1=C/CC(=O)N=c1c(C#N)cc2c(=O)n3cccc(C)c3nc2n1CC1CCCO1. The van der Waals surface area contributed by atoms with Gasteiger partial charge in [0.1, 0.15) is 17.4 Å². The molecule has 3 aromatic rings. The predicted octanol–water partition coefficient (Wildman–Crippen LogP) is 2.78. The molecule has 0 saturated carbocycles. The Bertz CT molecular complexity index is 1650. The van der Waals surface area contributed by atoms with Crippen LogP contribution in [0.25, 0.3) is 16.7 Å². The first-order chi connectivity index (χ1) is 18.0. The van der Waals surface area contributed by atoms with Crippen LogP contribution >= 0.6 is 0 Å². The standard InChI is InChI=1S/C27H25N5O5/c1-3-6-21-22(37-16-36-21)9-10-23(33)29-25-18(14-28)13-20-26(32(25)15-19-8-5-12-35-19)30-24-17(2)7-4-11-31(24)27(20)34/h3-4,6-7,9,11,13,19H,1,5,8,10,12,15-16H2,2H3/b21-6+,22-9+,29-25?. The minimum atomic E-state index is -0.494. The number of fused-ring (bicyclic) bond motifs is 2. The summed E-state index contributed by atoms with van der Waals surface area (Å²) in [5.74, 6) is 0.407.